The minimum atomic E-state index is -0.382. The Hall–Kier alpha value is -3.71. The number of nitrogens with zero attached hydrogens (tertiary/aromatic N) is 5. The highest BCUT2D eigenvalue weighted by molar-refractivity contribution is 5.98. The summed E-state index contributed by atoms with van der Waals surface area (Å²) in [4.78, 5) is 23.1. The first-order valence-electron chi connectivity index (χ1n) is 12.7. The van der Waals surface area contributed by atoms with Gasteiger partial charge in [-0.1, -0.05) is 12.1 Å². The van der Waals surface area contributed by atoms with Crippen molar-refractivity contribution in [3.8, 4) is 11.1 Å². The molecule has 0 unspecified atom stereocenters. The molecule has 1 aliphatic carbocycles. The van der Waals surface area contributed by atoms with Gasteiger partial charge in [0.15, 0.2) is 0 Å². The van der Waals surface area contributed by atoms with E-state index in [0.717, 1.165) is 83.4 Å². The molecule has 2 fully saturated rings. The van der Waals surface area contributed by atoms with E-state index < -0.39 is 0 Å². The van der Waals surface area contributed by atoms with Gasteiger partial charge in [-0.3, -0.25) is 14.5 Å². The number of benzene rings is 2. The average molecular weight is 481 g/mol. The molecule has 0 atom stereocenters. The maximum atomic E-state index is 13.7. The third kappa shape index (κ3) is 4.13. The van der Waals surface area contributed by atoms with Crippen LogP contribution in [0.25, 0.3) is 22.0 Å². The van der Waals surface area contributed by atoms with Crippen molar-refractivity contribution in [2.45, 2.75) is 25.3 Å². The van der Waals surface area contributed by atoms with Crippen LogP contribution in [-0.4, -0.2) is 58.8 Å². The summed E-state index contributed by atoms with van der Waals surface area (Å²) in [6.45, 7) is 6.04. The Balaban J connectivity index is 1.34. The lowest BCUT2D eigenvalue weighted by molar-refractivity contribution is 0.0930. The van der Waals surface area contributed by atoms with Crippen LogP contribution in [0.15, 0.2) is 61.1 Å². The second kappa shape index (κ2) is 8.75. The Kier molecular flexibility index (Phi) is 5.52. The molecule has 1 amide bonds. The highest BCUT2D eigenvalue weighted by Gasteiger charge is 2.47. The van der Waals surface area contributed by atoms with Gasteiger partial charge in [-0.15, -0.1) is 0 Å². The van der Waals surface area contributed by atoms with Crippen LogP contribution >= 0.6 is 0 Å². The highest BCUT2D eigenvalue weighted by Crippen LogP contribution is 2.49. The van der Waals surface area contributed by atoms with Gasteiger partial charge in [0, 0.05) is 67.8 Å². The van der Waals surface area contributed by atoms with Crippen molar-refractivity contribution in [2.75, 3.05) is 38.1 Å². The Morgan fingerprint density at radius 1 is 1.00 bits per heavy atom. The van der Waals surface area contributed by atoms with Crippen LogP contribution in [0.4, 0.5) is 5.69 Å². The molecule has 3 heterocycles. The third-order valence-corrected chi connectivity index (χ3v) is 7.71. The number of carbonyl (C=O) groups is 1. The van der Waals surface area contributed by atoms with Gasteiger partial charge in [0.05, 0.1) is 17.3 Å². The number of hydrogen-bond donors (Lipinski definition) is 1. The maximum absolute atomic E-state index is 13.7. The lowest BCUT2D eigenvalue weighted by Gasteiger charge is -2.34. The summed E-state index contributed by atoms with van der Waals surface area (Å²) in [6.07, 6.45) is 7.54. The van der Waals surface area contributed by atoms with Crippen LogP contribution < -0.4 is 10.2 Å². The van der Waals surface area contributed by atoms with Crippen molar-refractivity contribution in [1.29, 1.82) is 0 Å². The third-order valence-electron chi connectivity index (χ3n) is 7.71. The molecule has 2 aliphatic rings. The zero-order valence-corrected chi connectivity index (χ0v) is 21.2. The molecule has 6 rings (SSSR count). The molecule has 184 valence electrons. The zero-order valence-electron chi connectivity index (χ0n) is 21.2. The van der Waals surface area contributed by atoms with E-state index in [9.17, 15) is 4.79 Å². The van der Waals surface area contributed by atoms with Gasteiger partial charge in [0.25, 0.3) is 5.91 Å². The first-order chi connectivity index (χ1) is 17.4. The van der Waals surface area contributed by atoms with Crippen molar-refractivity contribution < 1.29 is 4.79 Å². The summed E-state index contributed by atoms with van der Waals surface area (Å²) in [6, 6.07) is 14.7. The quantitative estimate of drug-likeness (QED) is 0.466. The van der Waals surface area contributed by atoms with E-state index >= 15 is 0 Å². The molecule has 0 radical (unpaired) electrons. The molecule has 0 bridgehead atoms. The van der Waals surface area contributed by atoms with E-state index in [-0.39, 0.29) is 11.4 Å². The number of carbonyl (C=O) groups excluding carboxylic acids is 1. The minimum Gasteiger partial charge on any atom is -0.369 e. The van der Waals surface area contributed by atoms with E-state index in [0.29, 0.717) is 0 Å². The van der Waals surface area contributed by atoms with Crippen LogP contribution in [0.1, 0.15) is 34.3 Å². The van der Waals surface area contributed by atoms with Crippen molar-refractivity contribution in [3.05, 3.63) is 77.7 Å². The normalized spacial score (nSPS) is 17.4. The Morgan fingerprint density at radius 2 is 1.81 bits per heavy atom. The molecule has 1 saturated heterocycles. The number of piperazine rings is 1. The molecule has 1 aliphatic heterocycles. The standard InChI is InChI=1S/C29H32N6O/c1-20-6-7-23(35-13-11-33(2)12-14-35)17-25(20)28(36)32-29(8-9-29)26-15-21(22-18-31-34(3)19-22)16-27-24(26)5-4-10-30-27/h4-7,10,15-19H,8-9,11-14H2,1-3H3,(H,32,36). The summed E-state index contributed by atoms with van der Waals surface area (Å²) in [5, 5.41) is 8.88. The molecular formula is C29H32N6O. The van der Waals surface area contributed by atoms with Gasteiger partial charge >= 0.3 is 0 Å². The van der Waals surface area contributed by atoms with Crippen LogP contribution in [0.3, 0.4) is 0 Å². The van der Waals surface area contributed by atoms with E-state index in [4.69, 9.17) is 0 Å². The predicted molar refractivity (Wildman–Crippen MR) is 143 cm³/mol. The smallest absolute Gasteiger partial charge is 0.252 e. The fourth-order valence-corrected chi connectivity index (χ4v) is 5.30. The first kappa shape index (κ1) is 22.7. The van der Waals surface area contributed by atoms with E-state index in [1.54, 1.807) is 0 Å². The van der Waals surface area contributed by atoms with Crippen molar-refractivity contribution in [1.82, 2.24) is 25.0 Å². The number of hydrogen-bond acceptors (Lipinski definition) is 5. The van der Waals surface area contributed by atoms with Crippen LogP contribution in [0, 0.1) is 6.92 Å². The molecule has 1 N–H and O–H groups in total. The van der Waals surface area contributed by atoms with E-state index in [1.165, 1.54) is 0 Å². The second-order valence-electron chi connectivity index (χ2n) is 10.3. The number of nitrogens with one attached hydrogen (secondary N) is 1. The zero-order chi connectivity index (χ0) is 24.9. The Bertz CT molecular complexity index is 1450. The van der Waals surface area contributed by atoms with Gasteiger partial charge in [-0.05, 0) is 73.8 Å². The molecule has 4 aromatic rings. The van der Waals surface area contributed by atoms with Crippen molar-refractivity contribution in [2.24, 2.45) is 7.05 Å². The van der Waals surface area contributed by atoms with Gasteiger partial charge in [0.2, 0.25) is 0 Å². The molecule has 2 aromatic heterocycles. The number of anilines is 1. The van der Waals surface area contributed by atoms with Gasteiger partial charge in [-0.25, -0.2) is 0 Å². The minimum absolute atomic E-state index is 0.00945. The molecule has 7 nitrogen and oxygen atoms in total. The number of likely N-dealkylation sites (N-methyl/N-ethyl adjacent to an activating group) is 1. The predicted octanol–water partition coefficient (Wildman–Crippen LogP) is 4.11. The molecule has 0 spiro atoms. The van der Waals surface area contributed by atoms with E-state index in [1.807, 2.05) is 43.3 Å². The van der Waals surface area contributed by atoms with Crippen LogP contribution in [0.5, 0.6) is 0 Å². The molecular weight excluding hydrogens is 448 g/mol. The molecule has 36 heavy (non-hydrogen) atoms. The molecule has 1 saturated carbocycles. The Morgan fingerprint density at radius 3 is 2.53 bits per heavy atom. The summed E-state index contributed by atoms with van der Waals surface area (Å²) in [5.74, 6) is -0.00945. The summed E-state index contributed by atoms with van der Waals surface area (Å²) < 4.78 is 1.81. The van der Waals surface area contributed by atoms with Gasteiger partial charge in [0.1, 0.15) is 0 Å². The summed E-state index contributed by atoms with van der Waals surface area (Å²) in [5.41, 5.74) is 6.67. The second-order valence-corrected chi connectivity index (χ2v) is 10.3. The maximum Gasteiger partial charge on any atom is 0.252 e. The topological polar surface area (TPSA) is 66.3 Å². The summed E-state index contributed by atoms with van der Waals surface area (Å²) in [7, 11) is 4.08. The molecule has 2 aromatic carbocycles. The monoisotopic (exact) mass is 480 g/mol. The van der Waals surface area contributed by atoms with E-state index in [2.05, 4.69) is 68.6 Å². The van der Waals surface area contributed by atoms with Gasteiger partial charge in [-0.2, -0.15) is 5.10 Å². The Labute approximate surface area is 211 Å². The average Bonchev–Trinajstić information content (AvgIpc) is 3.53. The fraction of sp³-hybridized carbons (Fsp3) is 0.345. The SMILES string of the molecule is Cc1ccc(N2CCN(C)CC2)cc1C(=O)NC1(c2cc(-c3cnn(C)c3)cc3ncccc23)CC1. The number of aromatic nitrogens is 3. The number of fused-ring (bicyclic) bond motifs is 1. The largest absolute Gasteiger partial charge is 0.369 e. The van der Waals surface area contributed by atoms with Crippen LogP contribution in [-0.2, 0) is 12.6 Å². The fourth-order valence-electron chi connectivity index (χ4n) is 5.30. The highest BCUT2D eigenvalue weighted by atomic mass is 16.1. The first-order valence-corrected chi connectivity index (χ1v) is 12.7. The number of rotatable bonds is 5. The lowest BCUT2D eigenvalue weighted by Crippen LogP contribution is -2.44. The number of aryl methyl sites for hydroxylation is 2. The van der Waals surface area contributed by atoms with Crippen molar-refractivity contribution in [3.63, 3.8) is 0 Å². The summed E-state index contributed by atoms with van der Waals surface area (Å²) >= 11 is 0. The lowest BCUT2D eigenvalue weighted by atomic mass is 9.94. The number of amides is 1. The van der Waals surface area contributed by atoms with Crippen LogP contribution in [0.2, 0.25) is 0 Å². The molecule has 7 heteroatoms. The van der Waals surface area contributed by atoms with Crippen molar-refractivity contribution >= 4 is 22.5 Å². The number of pyridine rings is 1. The van der Waals surface area contributed by atoms with Gasteiger partial charge < -0.3 is 15.1 Å².